The second-order valence-corrected chi connectivity index (χ2v) is 9.79. The van der Waals surface area contributed by atoms with Gasteiger partial charge in [0.05, 0.1) is 10.6 Å². The molecular formula is C24H27N5O3S. The summed E-state index contributed by atoms with van der Waals surface area (Å²) in [6, 6.07) is 20.0. The summed E-state index contributed by atoms with van der Waals surface area (Å²) in [7, 11) is -3.61. The summed E-state index contributed by atoms with van der Waals surface area (Å²) in [5.41, 5.74) is 2.40. The highest BCUT2D eigenvalue weighted by Gasteiger charge is 2.29. The minimum absolute atomic E-state index is 0.0795. The van der Waals surface area contributed by atoms with Gasteiger partial charge >= 0.3 is 0 Å². The lowest BCUT2D eigenvalue weighted by Crippen LogP contribution is -2.49. The lowest BCUT2D eigenvalue weighted by molar-refractivity contribution is -0.116. The van der Waals surface area contributed by atoms with Crippen LogP contribution in [0.15, 0.2) is 71.6 Å². The van der Waals surface area contributed by atoms with Crippen molar-refractivity contribution in [2.24, 2.45) is 0 Å². The highest BCUT2D eigenvalue weighted by atomic mass is 32.2. The van der Waals surface area contributed by atoms with Crippen LogP contribution in [0.25, 0.3) is 11.3 Å². The molecule has 0 unspecified atom stereocenters. The number of rotatable bonds is 7. The van der Waals surface area contributed by atoms with Crippen LogP contribution in [0.4, 0.5) is 11.5 Å². The van der Waals surface area contributed by atoms with E-state index in [0.29, 0.717) is 38.3 Å². The molecule has 0 radical (unpaired) electrons. The third-order valence-corrected chi connectivity index (χ3v) is 7.45. The Bertz CT molecular complexity index is 1180. The molecule has 9 heteroatoms. The summed E-state index contributed by atoms with van der Waals surface area (Å²) in [6.07, 6.45) is 1.19. The SMILES string of the molecule is CCCC(=O)Nc1ccc(S(=O)(=O)N2CCN(c3ccc(-c4ccccc4)nn3)CC2)cc1. The second kappa shape index (κ2) is 10.1. The number of hydrogen-bond acceptors (Lipinski definition) is 6. The molecule has 1 amide bonds. The van der Waals surface area contributed by atoms with Crippen molar-refractivity contribution in [3.05, 3.63) is 66.7 Å². The average Bonchev–Trinajstić information content (AvgIpc) is 2.85. The summed E-state index contributed by atoms with van der Waals surface area (Å²) >= 11 is 0. The third-order valence-electron chi connectivity index (χ3n) is 5.54. The first-order valence-corrected chi connectivity index (χ1v) is 12.5. The standard InChI is InChI=1S/C24H27N5O3S/c1-2-6-24(30)25-20-9-11-21(12-10-20)33(31,32)29-17-15-28(16-18-29)23-14-13-22(26-27-23)19-7-4-3-5-8-19/h3-5,7-14H,2,6,15-18H2,1H3,(H,25,30). The molecule has 0 bridgehead atoms. The third kappa shape index (κ3) is 5.37. The first-order chi connectivity index (χ1) is 16.0. The van der Waals surface area contributed by atoms with Gasteiger partial charge in [-0.15, -0.1) is 10.2 Å². The van der Waals surface area contributed by atoms with Crippen LogP contribution in [-0.4, -0.2) is 55.0 Å². The van der Waals surface area contributed by atoms with E-state index in [-0.39, 0.29) is 10.8 Å². The molecule has 0 saturated carbocycles. The average molecular weight is 466 g/mol. The Labute approximate surface area is 194 Å². The number of hydrogen-bond donors (Lipinski definition) is 1. The minimum atomic E-state index is -3.61. The van der Waals surface area contributed by atoms with E-state index in [9.17, 15) is 13.2 Å². The molecule has 3 aromatic rings. The molecule has 2 aromatic carbocycles. The Morgan fingerprint density at radius 2 is 1.61 bits per heavy atom. The number of carbonyl (C=O) groups is 1. The van der Waals surface area contributed by atoms with Crippen molar-refractivity contribution in [3.63, 3.8) is 0 Å². The second-order valence-electron chi connectivity index (χ2n) is 7.86. The molecule has 0 aliphatic carbocycles. The quantitative estimate of drug-likeness (QED) is 0.575. The van der Waals surface area contributed by atoms with Crippen molar-refractivity contribution in [3.8, 4) is 11.3 Å². The van der Waals surface area contributed by atoms with Crippen LogP contribution in [0.1, 0.15) is 19.8 Å². The van der Waals surface area contributed by atoms with Gasteiger partial charge in [0, 0.05) is 43.9 Å². The van der Waals surface area contributed by atoms with E-state index >= 15 is 0 Å². The topological polar surface area (TPSA) is 95.5 Å². The lowest BCUT2D eigenvalue weighted by Gasteiger charge is -2.34. The van der Waals surface area contributed by atoms with E-state index < -0.39 is 10.0 Å². The van der Waals surface area contributed by atoms with E-state index in [0.717, 1.165) is 23.5 Å². The van der Waals surface area contributed by atoms with Crippen LogP contribution < -0.4 is 10.2 Å². The van der Waals surface area contributed by atoms with E-state index in [2.05, 4.69) is 15.5 Å². The fourth-order valence-electron chi connectivity index (χ4n) is 3.72. The predicted octanol–water partition coefficient (Wildman–Crippen LogP) is 3.39. The first kappa shape index (κ1) is 22.9. The van der Waals surface area contributed by atoms with E-state index in [4.69, 9.17) is 0 Å². The smallest absolute Gasteiger partial charge is 0.243 e. The monoisotopic (exact) mass is 465 g/mol. The zero-order valence-electron chi connectivity index (χ0n) is 18.5. The van der Waals surface area contributed by atoms with Crippen molar-refractivity contribution in [1.29, 1.82) is 0 Å². The highest BCUT2D eigenvalue weighted by Crippen LogP contribution is 2.23. The Kier molecular flexibility index (Phi) is 7.00. The maximum Gasteiger partial charge on any atom is 0.243 e. The molecule has 2 heterocycles. The Morgan fingerprint density at radius 3 is 2.21 bits per heavy atom. The maximum absolute atomic E-state index is 13.1. The molecule has 1 N–H and O–H groups in total. The van der Waals surface area contributed by atoms with Crippen LogP contribution in [0.2, 0.25) is 0 Å². The minimum Gasteiger partial charge on any atom is -0.352 e. The van der Waals surface area contributed by atoms with E-state index in [1.807, 2.05) is 54.3 Å². The normalized spacial score (nSPS) is 14.8. The van der Waals surface area contributed by atoms with Gasteiger partial charge in [0.1, 0.15) is 0 Å². The summed E-state index contributed by atoms with van der Waals surface area (Å²) in [4.78, 5) is 14.0. The van der Waals surface area contributed by atoms with Gasteiger partial charge in [0.25, 0.3) is 0 Å². The number of aromatic nitrogens is 2. The number of sulfonamides is 1. The van der Waals surface area contributed by atoms with Gasteiger partial charge < -0.3 is 10.2 Å². The number of carbonyl (C=O) groups excluding carboxylic acids is 1. The Hall–Kier alpha value is -3.30. The van der Waals surface area contributed by atoms with Crippen molar-refractivity contribution in [1.82, 2.24) is 14.5 Å². The largest absolute Gasteiger partial charge is 0.352 e. The molecule has 4 rings (SSSR count). The number of amides is 1. The number of benzene rings is 2. The molecular weight excluding hydrogens is 438 g/mol. The van der Waals surface area contributed by atoms with Gasteiger partial charge in [0.15, 0.2) is 5.82 Å². The molecule has 1 aliphatic rings. The summed E-state index contributed by atoms with van der Waals surface area (Å²) < 4.78 is 27.6. The molecule has 1 fully saturated rings. The van der Waals surface area contributed by atoms with E-state index in [1.165, 1.54) is 16.4 Å². The van der Waals surface area contributed by atoms with Crippen LogP contribution in [0.3, 0.4) is 0 Å². The van der Waals surface area contributed by atoms with Gasteiger partial charge in [-0.25, -0.2) is 8.42 Å². The molecule has 172 valence electrons. The fraction of sp³-hybridized carbons (Fsp3) is 0.292. The van der Waals surface area contributed by atoms with Gasteiger partial charge in [-0.3, -0.25) is 4.79 Å². The molecule has 1 aliphatic heterocycles. The predicted molar refractivity (Wildman–Crippen MR) is 128 cm³/mol. The summed E-state index contributed by atoms with van der Waals surface area (Å²) in [5, 5.41) is 11.4. The van der Waals surface area contributed by atoms with Gasteiger partial charge in [0.2, 0.25) is 15.9 Å². The zero-order chi connectivity index (χ0) is 23.3. The molecule has 33 heavy (non-hydrogen) atoms. The maximum atomic E-state index is 13.1. The van der Waals surface area contributed by atoms with Crippen LogP contribution in [0.5, 0.6) is 0 Å². The number of anilines is 2. The lowest BCUT2D eigenvalue weighted by atomic mass is 10.1. The van der Waals surface area contributed by atoms with Crippen molar-refractivity contribution in [2.75, 3.05) is 36.4 Å². The van der Waals surface area contributed by atoms with Gasteiger partial charge in [-0.1, -0.05) is 37.3 Å². The molecule has 1 saturated heterocycles. The number of nitrogens with one attached hydrogen (secondary N) is 1. The number of nitrogens with zero attached hydrogens (tertiary/aromatic N) is 4. The van der Waals surface area contributed by atoms with Crippen LogP contribution in [-0.2, 0) is 14.8 Å². The number of piperazine rings is 1. The molecule has 0 atom stereocenters. The fourth-order valence-corrected chi connectivity index (χ4v) is 5.15. The first-order valence-electron chi connectivity index (χ1n) is 11.0. The Morgan fingerprint density at radius 1 is 0.909 bits per heavy atom. The summed E-state index contributed by atoms with van der Waals surface area (Å²) in [5.74, 6) is 0.656. The summed E-state index contributed by atoms with van der Waals surface area (Å²) in [6.45, 7) is 3.72. The van der Waals surface area contributed by atoms with Crippen LogP contribution in [0, 0.1) is 0 Å². The highest BCUT2D eigenvalue weighted by molar-refractivity contribution is 7.89. The Balaban J connectivity index is 1.37. The van der Waals surface area contributed by atoms with Crippen molar-refractivity contribution >= 4 is 27.4 Å². The van der Waals surface area contributed by atoms with Crippen LogP contribution >= 0.6 is 0 Å². The van der Waals surface area contributed by atoms with E-state index in [1.54, 1.807) is 12.1 Å². The molecule has 0 spiro atoms. The van der Waals surface area contributed by atoms with Crippen molar-refractivity contribution in [2.45, 2.75) is 24.7 Å². The molecule has 1 aromatic heterocycles. The molecule has 8 nitrogen and oxygen atoms in total. The van der Waals surface area contributed by atoms with Crippen molar-refractivity contribution < 1.29 is 13.2 Å². The van der Waals surface area contributed by atoms with Gasteiger partial charge in [-0.05, 0) is 42.8 Å². The van der Waals surface area contributed by atoms with Gasteiger partial charge in [-0.2, -0.15) is 4.31 Å². The zero-order valence-corrected chi connectivity index (χ0v) is 19.3.